The molecule has 0 bridgehead atoms. The fourth-order valence-electron chi connectivity index (χ4n) is 3.32. The summed E-state index contributed by atoms with van der Waals surface area (Å²) in [5, 5.41) is 3.80. The van der Waals surface area contributed by atoms with E-state index >= 15 is 0 Å². The van der Waals surface area contributed by atoms with E-state index in [2.05, 4.69) is 74.4 Å². The Morgan fingerprint density at radius 2 is 1.69 bits per heavy atom. The highest BCUT2D eigenvalue weighted by atomic mass is 32.2. The van der Waals surface area contributed by atoms with E-state index in [4.69, 9.17) is 5.84 Å². The number of aromatic nitrogens is 1. The number of nitrogens with one attached hydrogen (secondary N) is 1. The van der Waals surface area contributed by atoms with E-state index in [1.807, 2.05) is 12.1 Å². The molecule has 0 unspecified atom stereocenters. The molecular formula is C26H31N5S. The SMILES string of the molecule is NN=C(C=NCCCCCCCNSc1ccccc1-c1ccccc1)c1cccnc1. The molecule has 0 spiro atoms. The van der Waals surface area contributed by atoms with Gasteiger partial charge in [0.25, 0.3) is 0 Å². The Morgan fingerprint density at radius 3 is 2.50 bits per heavy atom. The molecule has 0 aliphatic carbocycles. The summed E-state index contributed by atoms with van der Waals surface area (Å²) in [4.78, 5) is 9.80. The van der Waals surface area contributed by atoms with Gasteiger partial charge in [-0.2, -0.15) is 5.10 Å². The van der Waals surface area contributed by atoms with Gasteiger partial charge in [0.15, 0.2) is 0 Å². The highest BCUT2D eigenvalue weighted by Crippen LogP contribution is 2.29. The van der Waals surface area contributed by atoms with Gasteiger partial charge in [-0.15, -0.1) is 0 Å². The molecule has 3 aromatic rings. The van der Waals surface area contributed by atoms with Crippen molar-refractivity contribution in [2.75, 3.05) is 13.1 Å². The first kappa shape index (κ1) is 23.7. The maximum Gasteiger partial charge on any atom is 0.109 e. The third-order valence-corrected chi connectivity index (χ3v) is 5.95. The third-order valence-electron chi connectivity index (χ3n) is 5.03. The maximum absolute atomic E-state index is 5.46. The van der Waals surface area contributed by atoms with Crippen LogP contribution >= 0.6 is 11.9 Å². The molecule has 0 radical (unpaired) electrons. The van der Waals surface area contributed by atoms with Crippen LogP contribution in [0.5, 0.6) is 0 Å². The first-order chi connectivity index (χ1) is 15.9. The minimum Gasteiger partial charge on any atom is -0.323 e. The van der Waals surface area contributed by atoms with Crippen LogP contribution in [-0.2, 0) is 0 Å². The minimum atomic E-state index is 0.663. The van der Waals surface area contributed by atoms with Crippen molar-refractivity contribution < 1.29 is 0 Å². The predicted octanol–water partition coefficient (Wildman–Crippen LogP) is 5.73. The lowest BCUT2D eigenvalue weighted by Crippen LogP contribution is -2.06. The maximum atomic E-state index is 5.46. The Balaban J connectivity index is 1.26. The van der Waals surface area contributed by atoms with Crippen LogP contribution in [0.3, 0.4) is 0 Å². The zero-order valence-corrected chi connectivity index (χ0v) is 19.2. The molecule has 3 rings (SSSR count). The lowest BCUT2D eigenvalue weighted by Gasteiger charge is -2.10. The average Bonchev–Trinajstić information content (AvgIpc) is 2.86. The average molecular weight is 446 g/mol. The molecule has 0 fully saturated rings. The Morgan fingerprint density at radius 1 is 0.906 bits per heavy atom. The van der Waals surface area contributed by atoms with E-state index in [0.717, 1.165) is 25.1 Å². The first-order valence-corrected chi connectivity index (χ1v) is 11.9. The quantitative estimate of drug-likeness (QED) is 0.116. The van der Waals surface area contributed by atoms with Gasteiger partial charge in [-0.05, 0) is 54.1 Å². The van der Waals surface area contributed by atoms with Crippen molar-refractivity contribution in [3.63, 3.8) is 0 Å². The van der Waals surface area contributed by atoms with Crippen LogP contribution in [0.4, 0.5) is 0 Å². The number of pyridine rings is 1. The molecule has 0 aliphatic rings. The molecule has 32 heavy (non-hydrogen) atoms. The second kappa shape index (κ2) is 14.2. The van der Waals surface area contributed by atoms with Crippen LogP contribution in [0, 0.1) is 0 Å². The van der Waals surface area contributed by atoms with E-state index in [9.17, 15) is 0 Å². The molecule has 0 saturated carbocycles. The summed E-state index contributed by atoms with van der Waals surface area (Å²) in [6, 6.07) is 22.9. The van der Waals surface area contributed by atoms with Gasteiger partial charge in [-0.25, -0.2) is 0 Å². The van der Waals surface area contributed by atoms with Gasteiger partial charge in [0.2, 0.25) is 0 Å². The van der Waals surface area contributed by atoms with Crippen molar-refractivity contribution >= 4 is 23.9 Å². The van der Waals surface area contributed by atoms with Gasteiger partial charge in [0.1, 0.15) is 5.71 Å². The molecule has 0 aliphatic heterocycles. The number of nitrogens with two attached hydrogens (primary N) is 1. The lowest BCUT2D eigenvalue weighted by molar-refractivity contribution is 0.617. The molecule has 0 amide bonds. The van der Waals surface area contributed by atoms with Crippen LogP contribution in [0.1, 0.15) is 37.7 Å². The molecule has 2 aromatic carbocycles. The molecule has 3 N–H and O–H groups in total. The normalized spacial score (nSPS) is 11.8. The standard InChI is InChI=1S/C26H31N5S/c27-31-25(23-14-11-18-28-20-23)21-29-17-9-2-1-3-10-19-30-32-26-16-8-7-15-24(26)22-12-5-4-6-13-22/h4-8,11-16,18,20-21,30H,1-3,9-10,17,19,27H2. The number of nitrogens with zero attached hydrogens (tertiary/aromatic N) is 3. The van der Waals surface area contributed by atoms with Crippen LogP contribution in [-0.4, -0.2) is 30.0 Å². The summed E-state index contributed by atoms with van der Waals surface area (Å²) in [6.07, 6.45) is 11.1. The summed E-state index contributed by atoms with van der Waals surface area (Å²) in [5.74, 6) is 5.46. The van der Waals surface area contributed by atoms with Gasteiger partial charge in [0, 0.05) is 42.2 Å². The first-order valence-electron chi connectivity index (χ1n) is 11.1. The monoisotopic (exact) mass is 445 g/mol. The zero-order chi connectivity index (χ0) is 22.3. The summed E-state index contributed by atoms with van der Waals surface area (Å²) in [7, 11) is 0. The van der Waals surface area contributed by atoms with Crippen LogP contribution in [0.25, 0.3) is 11.1 Å². The Bertz CT molecular complexity index is 974. The number of hydrogen-bond donors (Lipinski definition) is 2. The van der Waals surface area contributed by atoms with E-state index in [-0.39, 0.29) is 0 Å². The lowest BCUT2D eigenvalue weighted by atomic mass is 10.1. The molecule has 0 saturated heterocycles. The van der Waals surface area contributed by atoms with Crippen LogP contribution in [0.2, 0.25) is 0 Å². The predicted molar refractivity (Wildman–Crippen MR) is 137 cm³/mol. The van der Waals surface area contributed by atoms with Gasteiger partial charge in [-0.1, -0.05) is 67.8 Å². The highest BCUT2D eigenvalue weighted by molar-refractivity contribution is 7.97. The topological polar surface area (TPSA) is 75.7 Å². The summed E-state index contributed by atoms with van der Waals surface area (Å²) in [5.41, 5.74) is 4.08. The Labute approximate surface area is 195 Å². The Hall–Kier alpha value is -2.96. The van der Waals surface area contributed by atoms with Crippen molar-refractivity contribution in [3.8, 4) is 11.1 Å². The molecule has 1 aromatic heterocycles. The zero-order valence-electron chi connectivity index (χ0n) is 18.4. The second-order valence-corrected chi connectivity index (χ2v) is 8.35. The number of hydrogen-bond acceptors (Lipinski definition) is 6. The number of hydrazone groups is 1. The molecule has 5 nitrogen and oxygen atoms in total. The van der Waals surface area contributed by atoms with Crippen LogP contribution in [0.15, 0.2) is 94.1 Å². The summed E-state index contributed by atoms with van der Waals surface area (Å²) < 4.78 is 3.52. The van der Waals surface area contributed by atoms with E-state index < -0.39 is 0 Å². The van der Waals surface area contributed by atoms with Gasteiger partial charge in [0.05, 0.1) is 0 Å². The molecule has 166 valence electrons. The third kappa shape index (κ3) is 7.94. The second-order valence-electron chi connectivity index (χ2n) is 7.42. The fraction of sp³-hybridized carbons (Fsp3) is 0.269. The Kier molecular flexibility index (Phi) is 10.5. The number of unbranched alkanes of at least 4 members (excludes halogenated alkanes) is 4. The summed E-state index contributed by atoms with van der Waals surface area (Å²) in [6.45, 7) is 1.80. The molecule has 0 atom stereocenters. The largest absolute Gasteiger partial charge is 0.323 e. The molecule has 6 heteroatoms. The van der Waals surface area contributed by atoms with E-state index in [0.29, 0.717) is 5.71 Å². The number of rotatable bonds is 13. The van der Waals surface area contributed by atoms with Crippen LogP contribution < -0.4 is 10.6 Å². The van der Waals surface area contributed by atoms with Crippen molar-refractivity contribution in [2.24, 2.45) is 15.9 Å². The smallest absolute Gasteiger partial charge is 0.109 e. The highest BCUT2D eigenvalue weighted by Gasteiger charge is 2.04. The van der Waals surface area contributed by atoms with Crippen molar-refractivity contribution in [1.29, 1.82) is 0 Å². The summed E-state index contributed by atoms with van der Waals surface area (Å²) >= 11 is 1.72. The number of benzene rings is 2. The van der Waals surface area contributed by atoms with E-state index in [1.165, 1.54) is 41.7 Å². The van der Waals surface area contributed by atoms with Crippen molar-refractivity contribution in [1.82, 2.24) is 9.71 Å². The van der Waals surface area contributed by atoms with E-state index in [1.54, 1.807) is 30.6 Å². The fourth-order valence-corrected chi connectivity index (χ4v) is 4.16. The van der Waals surface area contributed by atoms with Gasteiger partial charge in [-0.3, -0.25) is 14.7 Å². The van der Waals surface area contributed by atoms with Gasteiger partial charge >= 0.3 is 0 Å². The van der Waals surface area contributed by atoms with Crippen molar-refractivity contribution in [3.05, 3.63) is 84.7 Å². The number of aliphatic imine (C=N–C) groups is 1. The van der Waals surface area contributed by atoms with Gasteiger partial charge < -0.3 is 5.84 Å². The van der Waals surface area contributed by atoms with Crippen molar-refractivity contribution in [2.45, 2.75) is 37.0 Å². The molecular weight excluding hydrogens is 414 g/mol. The molecule has 1 heterocycles. The minimum absolute atomic E-state index is 0.663.